The normalized spacial score (nSPS) is 9.79. The Hall–Kier alpha value is -1.23. The van der Waals surface area contributed by atoms with Crippen LogP contribution >= 0.6 is 11.8 Å². The van der Waals surface area contributed by atoms with Crippen molar-refractivity contribution in [3.63, 3.8) is 0 Å². The lowest BCUT2D eigenvalue weighted by atomic mass is 10.3. The molecule has 0 aliphatic carbocycles. The smallest absolute Gasteiger partial charge is 0.315 e. The number of esters is 1. The van der Waals surface area contributed by atoms with E-state index < -0.39 is 0 Å². The Balaban J connectivity index is 2.31. The molecule has 0 fully saturated rings. The van der Waals surface area contributed by atoms with Crippen molar-refractivity contribution in [2.75, 3.05) is 18.6 Å². The third kappa shape index (κ3) is 3.66. The fraction of sp³-hybridized carbons (Fsp3) is 0.333. The molecule has 0 aromatic carbocycles. The third-order valence-electron chi connectivity index (χ3n) is 1.56. The first-order chi connectivity index (χ1) is 6.72. The summed E-state index contributed by atoms with van der Waals surface area (Å²) in [5, 5.41) is 0. The van der Waals surface area contributed by atoms with Crippen molar-refractivity contribution in [1.29, 1.82) is 0 Å². The van der Waals surface area contributed by atoms with Gasteiger partial charge in [-0.2, -0.15) is 0 Å². The molecule has 2 N–H and O–H groups in total. The summed E-state index contributed by atoms with van der Waals surface area (Å²) < 4.78 is 4.51. The van der Waals surface area contributed by atoms with Crippen LogP contribution in [0.3, 0.4) is 0 Å². The Morgan fingerprint density at radius 3 is 3.00 bits per heavy atom. The molecule has 76 valence electrons. The van der Waals surface area contributed by atoms with E-state index in [2.05, 4.69) is 9.72 Å². The third-order valence-corrected chi connectivity index (χ3v) is 2.54. The number of nitrogen functional groups attached to an aromatic ring is 1. The first-order valence-corrected chi connectivity index (χ1v) is 5.23. The lowest BCUT2D eigenvalue weighted by Gasteiger charge is -2.00. The standard InChI is InChI=1S/C9H12N2O2S/c1-13-9(12)6-14-5-7-2-3-8(10)11-4-7/h2-4H,5-6H2,1H3,(H2,10,11). The predicted molar refractivity (Wildman–Crippen MR) is 56.8 cm³/mol. The molecule has 0 saturated heterocycles. The molecular weight excluding hydrogens is 200 g/mol. The number of thioether (sulfide) groups is 1. The Bertz CT molecular complexity index is 300. The van der Waals surface area contributed by atoms with Gasteiger partial charge in [-0.3, -0.25) is 4.79 Å². The number of methoxy groups -OCH3 is 1. The van der Waals surface area contributed by atoms with E-state index in [0.717, 1.165) is 11.3 Å². The first-order valence-electron chi connectivity index (χ1n) is 4.07. The molecule has 0 aliphatic rings. The second kappa shape index (κ2) is 5.49. The van der Waals surface area contributed by atoms with Crippen LogP contribution in [0.25, 0.3) is 0 Å². The average Bonchev–Trinajstić information content (AvgIpc) is 2.21. The highest BCUT2D eigenvalue weighted by atomic mass is 32.2. The van der Waals surface area contributed by atoms with Crippen LogP contribution in [0, 0.1) is 0 Å². The second-order valence-electron chi connectivity index (χ2n) is 2.66. The van der Waals surface area contributed by atoms with E-state index in [1.807, 2.05) is 6.07 Å². The van der Waals surface area contributed by atoms with E-state index in [4.69, 9.17) is 5.73 Å². The Morgan fingerprint density at radius 1 is 1.64 bits per heavy atom. The van der Waals surface area contributed by atoms with Crippen LogP contribution < -0.4 is 5.73 Å². The highest BCUT2D eigenvalue weighted by molar-refractivity contribution is 7.99. The summed E-state index contributed by atoms with van der Waals surface area (Å²) >= 11 is 1.49. The van der Waals surface area contributed by atoms with Gasteiger partial charge in [0.1, 0.15) is 5.82 Å². The molecule has 0 amide bonds. The minimum absolute atomic E-state index is 0.210. The van der Waals surface area contributed by atoms with Crippen molar-refractivity contribution in [2.45, 2.75) is 5.75 Å². The Labute approximate surface area is 86.8 Å². The summed E-state index contributed by atoms with van der Waals surface area (Å²) in [4.78, 5) is 14.7. The van der Waals surface area contributed by atoms with Gasteiger partial charge in [0.05, 0.1) is 12.9 Å². The van der Waals surface area contributed by atoms with Crippen LogP contribution in [0.15, 0.2) is 18.3 Å². The molecule has 1 rings (SSSR count). The van der Waals surface area contributed by atoms with Crippen molar-refractivity contribution in [1.82, 2.24) is 4.98 Å². The molecule has 0 radical (unpaired) electrons. The number of ether oxygens (including phenoxy) is 1. The number of pyridine rings is 1. The maximum Gasteiger partial charge on any atom is 0.315 e. The van der Waals surface area contributed by atoms with Crippen LogP contribution in [0.2, 0.25) is 0 Å². The molecule has 1 heterocycles. The van der Waals surface area contributed by atoms with Crippen molar-refractivity contribution in [2.24, 2.45) is 0 Å². The maximum absolute atomic E-state index is 10.8. The molecule has 0 aliphatic heterocycles. The number of rotatable bonds is 4. The molecule has 14 heavy (non-hydrogen) atoms. The van der Waals surface area contributed by atoms with Crippen molar-refractivity contribution in [3.8, 4) is 0 Å². The largest absolute Gasteiger partial charge is 0.468 e. The minimum atomic E-state index is -0.210. The molecular formula is C9H12N2O2S. The number of hydrogen-bond acceptors (Lipinski definition) is 5. The van der Waals surface area contributed by atoms with Crippen molar-refractivity contribution < 1.29 is 9.53 Å². The number of carbonyl (C=O) groups is 1. The first kappa shape index (κ1) is 10.8. The van der Waals surface area contributed by atoms with Gasteiger partial charge in [0, 0.05) is 11.9 Å². The average molecular weight is 212 g/mol. The lowest BCUT2D eigenvalue weighted by Crippen LogP contribution is -2.03. The number of nitrogens with zero attached hydrogens (tertiary/aromatic N) is 1. The number of nitrogens with two attached hydrogens (primary N) is 1. The Morgan fingerprint density at radius 2 is 2.43 bits per heavy atom. The quantitative estimate of drug-likeness (QED) is 0.756. The van der Waals surface area contributed by atoms with Gasteiger partial charge in [-0.1, -0.05) is 6.07 Å². The maximum atomic E-state index is 10.8. The van der Waals surface area contributed by atoms with Crippen molar-refractivity contribution >= 4 is 23.5 Å². The summed E-state index contributed by atoms with van der Waals surface area (Å²) in [5.74, 6) is 1.40. The Kier molecular flexibility index (Phi) is 4.25. The molecule has 1 aromatic heterocycles. The fourth-order valence-corrected chi connectivity index (χ4v) is 1.63. The van der Waals surface area contributed by atoms with E-state index >= 15 is 0 Å². The predicted octanol–water partition coefficient (Wildman–Crippen LogP) is 1.07. The summed E-state index contributed by atoms with van der Waals surface area (Å²) in [5.41, 5.74) is 6.48. The SMILES string of the molecule is COC(=O)CSCc1ccc(N)nc1. The zero-order valence-electron chi connectivity index (χ0n) is 7.90. The zero-order chi connectivity index (χ0) is 10.4. The van der Waals surface area contributed by atoms with Gasteiger partial charge in [0.15, 0.2) is 0 Å². The van der Waals surface area contributed by atoms with Gasteiger partial charge in [-0.15, -0.1) is 11.8 Å². The van der Waals surface area contributed by atoms with E-state index in [1.54, 1.807) is 12.3 Å². The van der Waals surface area contributed by atoms with Crippen LogP contribution in [-0.2, 0) is 15.3 Å². The highest BCUT2D eigenvalue weighted by Gasteiger charge is 2.00. The van der Waals surface area contributed by atoms with E-state index in [1.165, 1.54) is 18.9 Å². The van der Waals surface area contributed by atoms with Gasteiger partial charge in [0.2, 0.25) is 0 Å². The van der Waals surface area contributed by atoms with Crippen LogP contribution in [-0.4, -0.2) is 23.8 Å². The second-order valence-corrected chi connectivity index (χ2v) is 3.65. The molecule has 0 atom stereocenters. The van der Waals surface area contributed by atoms with Crippen molar-refractivity contribution in [3.05, 3.63) is 23.9 Å². The highest BCUT2D eigenvalue weighted by Crippen LogP contribution is 2.11. The molecule has 1 aromatic rings. The number of carbonyl (C=O) groups excluding carboxylic acids is 1. The molecule has 0 unspecified atom stereocenters. The topological polar surface area (TPSA) is 65.2 Å². The van der Waals surface area contributed by atoms with Crippen LogP contribution in [0.4, 0.5) is 5.82 Å². The molecule has 0 saturated carbocycles. The van der Waals surface area contributed by atoms with E-state index in [9.17, 15) is 4.79 Å². The number of aromatic nitrogens is 1. The minimum Gasteiger partial charge on any atom is -0.468 e. The van der Waals surface area contributed by atoms with Crippen LogP contribution in [0.1, 0.15) is 5.56 Å². The van der Waals surface area contributed by atoms with Gasteiger partial charge in [0.25, 0.3) is 0 Å². The molecule has 0 bridgehead atoms. The van der Waals surface area contributed by atoms with E-state index in [-0.39, 0.29) is 5.97 Å². The molecule has 0 spiro atoms. The monoisotopic (exact) mass is 212 g/mol. The summed E-state index contributed by atoms with van der Waals surface area (Å²) in [7, 11) is 1.38. The summed E-state index contributed by atoms with van der Waals surface area (Å²) in [6.45, 7) is 0. The van der Waals surface area contributed by atoms with Gasteiger partial charge < -0.3 is 10.5 Å². The molecule has 4 nitrogen and oxygen atoms in total. The summed E-state index contributed by atoms with van der Waals surface area (Å²) in [6, 6.07) is 3.64. The fourth-order valence-electron chi connectivity index (χ4n) is 0.832. The van der Waals surface area contributed by atoms with Gasteiger partial charge >= 0.3 is 5.97 Å². The van der Waals surface area contributed by atoms with Gasteiger partial charge in [-0.05, 0) is 11.6 Å². The lowest BCUT2D eigenvalue weighted by molar-refractivity contribution is -0.137. The van der Waals surface area contributed by atoms with Gasteiger partial charge in [-0.25, -0.2) is 4.98 Å². The zero-order valence-corrected chi connectivity index (χ0v) is 8.71. The molecule has 5 heteroatoms. The van der Waals surface area contributed by atoms with E-state index in [0.29, 0.717) is 11.6 Å². The van der Waals surface area contributed by atoms with Crippen LogP contribution in [0.5, 0.6) is 0 Å². The number of anilines is 1. The number of hydrogen-bond donors (Lipinski definition) is 1. The summed E-state index contributed by atoms with van der Waals surface area (Å²) in [6.07, 6.45) is 1.71.